The Bertz CT molecular complexity index is 1040. The Balaban J connectivity index is 1.96. The van der Waals surface area contributed by atoms with Crippen LogP contribution in [0.3, 0.4) is 0 Å². The summed E-state index contributed by atoms with van der Waals surface area (Å²) in [6.07, 6.45) is -1.28. The summed E-state index contributed by atoms with van der Waals surface area (Å²) < 4.78 is 17.3. The van der Waals surface area contributed by atoms with E-state index in [1.807, 2.05) is 0 Å². The number of methoxy groups -OCH3 is 1. The standard InChI is InChI=1S/C20H22N2O8/c1-12-9-21(16-8-14(15(10-23)29-16)30-17(24)11-28-2)20(27)22(18(12)25)19(26)13-6-4-3-5-7-13/h3-7,9,14-16,23H,8,10-11H2,1-2H3/t14-,15+,16+/m0/s1. The lowest BCUT2D eigenvalue weighted by Crippen LogP contribution is -2.45. The van der Waals surface area contributed by atoms with Crippen LogP contribution in [0.15, 0.2) is 46.1 Å². The first-order valence-corrected chi connectivity index (χ1v) is 9.26. The van der Waals surface area contributed by atoms with Gasteiger partial charge < -0.3 is 19.3 Å². The molecule has 2 heterocycles. The van der Waals surface area contributed by atoms with Crippen molar-refractivity contribution >= 4 is 11.9 Å². The fourth-order valence-electron chi connectivity index (χ4n) is 3.27. The molecule has 1 aliphatic heterocycles. The maximum Gasteiger partial charge on any atom is 0.340 e. The van der Waals surface area contributed by atoms with E-state index in [-0.39, 0.29) is 24.2 Å². The lowest BCUT2D eigenvalue weighted by molar-refractivity contribution is -0.157. The number of aliphatic hydroxyl groups excluding tert-OH is 1. The Labute approximate surface area is 171 Å². The molecule has 1 aromatic carbocycles. The van der Waals surface area contributed by atoms with E-state index < -0.39 is 48.2 Å². The van der Waals surface area contributed by atoms with Crippen molar-refractivity contribution in [1.82, 2.24) is 9.13 Å². The van der Waals surface area contributed by atoms with Crippen molar-refractivity contribution in [2.45, 2.75) is 31.8 Å². The molecule has 0 saturated carbocycles. The summed E-state index contributed by atoms with van der Waals surface area (Å²) >= 11 is 0. The van der Waals surface area contributed by atoms with Gasteiger partial charge >= 0.3 is 11.7 Å². The largest absolute Gasteiger partial charge is 0.458 e. The smallest absolute Gasteiger partial charge is 0.340 e. The SMILES string of the molecule is COCC(=O)O[C@H]1C[C@H](n2cc(C)c(=O)n(C(=O)c3ccccc3)c2=O)O[C@@H]1CO. The van der Waals surface area contributed by atoms with Crippen LogP contribution in [0.5, 0.6) is 0 Å². The third kappa shape index (κ3) is 4.25. The van der Waals surface area contributed by atoms with Gasteiger partial charge in [-0.3, -0.25) is 14.2 Å². The van der Waals surface area contributed by atoms with Crippen molar-refractivity contribution in [3.63, 3.8) is 0 Å². The molecule has 10 nitrogen and oxygen atoms in total. The second kappa shape index (κ2) is 9.16. The second-order valence-corrected chi connectivity index (χ2v) is 6.82. The van der Waals surface area contributed by atoms with Gasteiger partial charge in [0.05, 0.1) is 6.61 Å². The van der Waals surface area contributed by atoms with Gasteiger partial charge in [0.1, 0.15) is 25.0 Å². The van der Waals surface area contributed by atoms with E-state index in [2.05, 4.69) is 0 Å². The highest BCUT2D eigenvalue weighted by Gasteiger charge is 2.39. The molecule has 160 valence electrons. The zero-order chi connectivity index (χ0) is 21.8. The van der Waals surface area contributed by atoms with Crippen LogP contribution in [-0.4, -0.2) is 58.6 Å². The summed E-state index contributed by atoms with van der Waals surface area (Å²) in [6, 6.07) is 7.95. The summed E-state index contributed by atoms with van der Waals surface area (Å²) in [5.74, 6) is -1.40. The van der Waals surface area contributed by atoms with Crippen LogP contribution in [-0.2, 0) is 19.0 Å². The minimum atomic E-state index is -0.941. The molecule has 0 unspecified atom stereocenters. The number of ether oxygens (including phenoxy) is 3. The first kappa shape index (κ1) is 21.6. The van der Waals surface area contributed by atoms with Crippen molar-refractivity contribution in [3.05, 3.63) is 68.5 Å². The van der Waals surface area contributed by atoms with Crippen molar-refractivity contribution in [2.75, 3.05) is 20.3 Å². The van der Waals surface area contributed by atoms with Gasteiger partial charge in [0, 0.05) is 30.9 Å². The van der Waals surface area contributed by atoms with E-state index in [0.29, 0.717) is 4.57 Å². The third-order valence-corrected chi connectivity index (χ3v) is 4.72. The number of aryl methyl sites for hydroxylation is 1. The molecule has 2 aromatic rings. The number of carbonyl (C=O) groups excluding carboxylic acids is 2. The van der Waals surface area contributed by atoms with E-state index >= 15 is 0 Å². The van der Waals surface area contributed by atoms with Crippen LogP contribution in [0.1, 0.15) is 28.6 Å². The molecular weight excluding hydrogens is 396 g/mol. The van der Waals surface area contributed by atoms with Crippen LogP contribution in [0, 0.1) is 6.92 Å². The van der Waals surface area contributed by atoms with Crippen LogP contribution in [0.4, 0.5) is 0 Å². The number of carbonyl (C=O) groups is 2. The van der Waals surface area contributed by atoms with Crippen molar-refractivity contribution in [2.24, 2.45) is 0 Å². The van der Waals surface area contributed by atoms with Crippen LogP contribution < -0.4 is 11.2 Å². The molecule has 0 radical (unpaired) electrons. The molecule has 1 aromatic heterocycles. The number of rotatable bonds is 6. The van der Waals surface area contributed by atoms with Gasteiger partial charge in [-0.05, 0) is 19.1 Å². The minimum absolute atomic E-state index is 0.0533. The van der Waals surface area contributed by atoms with Crippen LogP contribution in [0.25, 0.3) is 0 Å². The predicted molar refractivity (Wildman–Crippen MR) is 103 cm³/mol. The maximum absolute atomic E-state index is 13.0. The third-order valence-electron chi connectivity index (χ3n) is 4.72. The average molecular weight is 418 g/mol. The van der Waals surface area contributed by atoms with Gasteiger partial charge in [-0.1, -0.05) is 18.2 Å². The molecule has 0 aliphatic carbocycles. The van der Waals surface area contributed by atoms with Gasteiger partial charge in [0.2, 0.25) is 0 Å². The predicted octanol–water partition coefficient (Wildman–Crippen LogP) is -0.155. The van der Waals surface area contributed by atoms with Gasteiger partial charge in [-0.25, -0.2) is 9.59 Å². The molecule has 1 N–H and O–H groups in total. The summed E-state index contributed by atoms with van der Waals surface area (Å²) in [6.45, 7) is 0.758. The normalized spacial score (nSPS) is 20.8. The first-order valence-electron chi connectivity index (χ1n) is 9.26. The Hall–Kier alpha value is -3.08. The Morgan fingerprint density at radius 3 is 2.57 bits per heavy atom. The van der Waals surface area contributed by atoms with Gasteiger partial charge in [-0.2, -0.15) is 4.57 Å². The Morgan fingerprint density at radius 1 is 1.23 bits per heavy atom. The fraction of sp³-hybridized carbons (Fsp3) is 0.400. The quantitative estimate of drug-likeness (QED) is 0.642. The molecule has 1 fully saturated rings. The molecular formula is C20H22N2O8. The highest BCUT2D eigenvalue weighted by atomic mass is 16.6. The molecule has 3 rings (SSSR count). The minimum Gasteiger partial charge on any atom is -0.458 e. The van der Waals surface area contributed by atoms with E-state index in [1.165, 1.54) is 32.4 Å². The Kier molecular flexibility index (Phi) is 6.60. The zero-order valence-electron chi connectivity index (χ0n) is 16.5. The molecule has 1 saturated heterocycles. The topological polar surface area (TPSA) is 126 Å². The van der Waals surface area contributed by atoms with Gasteiger partial charge in [0.25, 0.3) is 11.5 Å². The highest BCUT2D eigenvalue weighted by molar-refractivity contribution is 5.95. The maximum atomic E-state index is 13.0. The average Bonchev–Trinajstić information content (AvgIpc) is 3.14. The molecule has 0 amide bonds. The van der Waals surface area contributed by atoms with Crippen molar-refractivity contribution < 1.29 is 28.9 Å². The van der Waals surface area contributed by atoms with Crippen LogP contribution >= 0.6 is 0 Å². The number of nitrogens with zero attached hydrogens (tertiary/aromatic N) is 2. The number of esters is 1. The molecule has 1 aliphatic rings. The second-order valence-electron chi connectivity index (χ2n) is 6.82. The monoisotopic (exact) mass is 418 g/mol. The van der Waals surface area contributed by atoms with Gasteiger partial charge in [0.15, 0.2) is 0 Å². The van der Waals surface area contributed by atoms with Crippen molar-refractivity contribution in [3.8, 4) is 0 Å². The van der Waals surface area contributed by atoms with E-state index in [4.69, 9.17) is 14.2 Å². The molecule has 30 heavy (non-hydrogen) atoms. The summed E-state index contributed by atoms with van der Waals surface area (Å²) in [7, 11) is 1.34. The number of hydrogen-bond acceptors (Lipinski definition) is 8. The summed E-state index contributed by atoms with van der Waals surface area (Å²) in [4.78, 5) is 50.1. The fourth-order valence-corrected chi connectivity index (χ4v) is 3.27. The lowest BCUT2D eigenvalue weighted by atomic mass is 10.2. The number of aliphatic hydroxyl groups is 1. The van der Waals surface area contributed by atoms with Crippen LogP contribution in [0.2, 0.25) is 0 Å². The Morgan fingerprint density at radius 2 is 1.93 bits per heavy atom. The number of aromatic nitrogens is 2. The number of benzene rings is 1. The highest BCUT2D eigenvalue weighted by Crippen LogP contribution is 2.29. The molecule has 0 spiro atoms. The van der Waals surface area contributed by atoms with E-state index in [1.54, 1.807) is 18.2 Å². The van der Waals surface area contributed by atoms with E-state index in [9.17, 15) is 24.3 Å². The molecule has 3 atom stereocenters. The van der Waals surface area contributed by atoms with Gasteiger partial charge in [-0.15, -0.1) is 0 Å². The zero-order valence-corrected chi connectivity index (χ0v) is 16.5. The molecule has 10 heteroatoms. The van der Waals surface area contributed by atoms with E-state index in [0.717, 1.165) is 4.57 Å². The summed E-state index contributed by atoms with van der Waals surface area (Å²) in [5.41, 5.74) is -1.28. The van der Waals surface area contributed by atoms with Crippen molar-refractivity contribution in [1.29, 1.82) is 0 Å². The lowest BCUT2D eigenvalue weighted by Gasteiger charge is -2.17. The first-order chi connectivity index (χ1) is 14.4. The molecule has 0 bridgehead atoms. The summed E-state index contributed by atoms with van der Waals surface area (Å²) in [5, 5.41) is 9.56. The number of hydrogen-bond donors (Lipinski definition) is 1.